The average Bonchev–Trinajstić information content (AvgIpc) is 2.53. The van der Waals surface area contributed by atoms with E-state index in [0.717, 1.165) is 30.5 Å². The van der Waals surface area contributed by atoms with Crippen LogP contribution in [-0.2, 0) is 6.54 Å². The van der Waals surface area contributed by atoms with Gasteiger partial charge in [0.15, 0.2) is 0 Å². The number of nitrogens with one attached hydrogen (secondary N) is 1. The van der Waals surface area contributed by atoms with Crippen LogP contribution in [0.2, 0.25) is 0 Å². The summed E-state index contributed by atoms with van der Waals surface area (Å²) in [6.07, 6.45) is 6.15. The van der Waals surface area contributed by atoms with Gasteiger partial charge >= 0.3 is 0 Å². The standard InChI is InChI=1S/C17H23N5/c1-13-4-3-9-22(12-13)16-10-14(2)20-17(21-16)19-11-15-5-7-18-8-6-15/h5-8,10,13H,3-4,9,11-12H2,1-2H3,(H,19,20,21). The predicted octanol–water partition coefficient (Wildman–Crippen LogP) is 3.03. The van der Waals surface area contributed by atoms with Crippen LogP contribution in [0.4, 0.5) is 11.8 Å². The largest absolute Gasteiger partial charge is 0.356 e. The number of aryl methyl sites for hydroxylation is 1. The summed E-state index contributed by atoms with van der Waals surface area (Å²) < 4.78 is 0. The topological polar surface area (TPSA) is 53.9 Å². The van der Waals surface area contributed by atoms with Gasteiger partial charge in [0.1, 0.15) is 5.82 Å². The highest BCUT2D eigenvalue weighted by atomic mass is 15.2. The molecule has 1 aliphatic rings. The third kappa shape index (κ3) is 3.72. The van der Waals surface area contributed by atoms with Gasteiger partial charge in [-0.2, -0.15) is 4.98 Å². The van der Waals surface area contributed by atoms with E-state index in [-0.39, 0.29) is 0 Å². The maximum absolute atomic E-state index is 4.69. The van der Waals surface area contributed by atoms with Gasteiger partial charge in [0.2, 0.25) is 5.95 Å². The molecule has 1 N–H and O–H groups in total. The number of rotatable bonds is 4. The van der Waals surface area contributed by atoms with Gasteiger partial charge in [-0.25, -0.2) is 4.98 Å². The summed E-state index contributed by atoms with van der Waals surface area (Å²) in [5, 5.41) is 3.32. The molecule has 2 aromatic rings. The number of hydrogen-bond donors (Lipinski definition) is 1. The monoisotopic (exact) mass is 297 g/mol. The van der Waals surface area contributed by atoms with Crippen molar-refractivity contribution in [3.63, 3.8) is 0 Å². The molecule has 0 aromatic carbocycles. The van der Waals surface area contributed by atoms with Crippen LogP contribution in [0.1, 0.15) is 31.0 Å². The van der Waals surface area contributed by atoms with Crippen molar-refractivity contribution in [1.82, 2.24) is 15.0 Å². The van der Waals surface area contributed by atoms with E-state index in [1.165, 1.54) is 18.4 Å². The summed E-state index contributed by atoms with van der Waals surface area (Å²) in [5.41, 5.74) is 2.17. The second kappa shape index (κ2) is 6.73. The molecule has 0 bridgehead atoms. The van der Waals surface area contributed by atoms with E-state index >= 15 is 0 Å². The highest BCUT2D eigenvalue weighted by molar-refractivity contribution is 5.45. The maximum atomic E-state index is 4.69. The first-order valence-electron chi connectivity index (χ1n) is 7.94. The number of hydrogen-bond acceptors (Lipinski definition) is 5. The fourth-order valence-electron chi connectivity index (χ4n) is 2.87. The first-order valence-corrected chi connectivity index (χ1v) is 7.94. The Bertz CT molecular complexity index is 614. The van der Waals surface area contributed by atoms with Gasteiger partial charge in [-0.1, -0.05) is 6.92 Å². The van der Waals surface area contributed by atoms with Crippen LogP contribution >= 0.6 is 0 Å². The van der Waals surface area contributed by atoms with Gasteiger partial charge in [-0.15, -0.1) is 0 Å². The molecule has 22 heavy (non-hydrogen) atoms. The van der Waals surface area contributed by atoms with E-state index < -0.39 is 0 Å². The van der Waals surface area contributed by atoms with Crippen molar-refractivity contribution in [3.05, 3.63) is 41.9 Å². The molecule has 0 spiro atoms. The minimum absolute atomic E-state index is 0.699. The van der Waals surface area contributed by atoms with Crippen LogP contribution in [0.3, 0.4) is 0 Å². The first-order chi connectivity index (χ1) is 10.7. The van der Waals surface area contributed by atoms with Crippen molar-refractivity contribution in [1.29, 1.82) is 0 Å². The zero-order chi connectivity index (χ0) is 15.4. The molecule has 1 aliphatic heterocycles. The molecule has 116 valence electrons. The second-order valence-electron chi connectivity index (χ2n) is 6.09. The molecular weight excluding hydrogens is 274 g/mol. The summed E-state index contributed by atoms with van der Waals surface area (Å²) >= 11 is 0. The van der Waals surface area contributed by atoms with Crippen molar-refractivity contribution < 1.29 is 0 Å². The third-order valence-corrected chi connectivity index (χ3v) is 4.02. The Balaban J connectivity index is 1.72. The number of nitrogens with zero attached hydrogens (tertiary/aromatic N) is 4. The van der Waals surface area contributed by atoms with Crippen LogP contribution in [-0.4, -0.2) is 28.0 Å². The van der Waals surface area contributed by atoms with Crippen LogP contribution in [0, 0.1) is 12.8 Å². The molecule has 3 rings (SSSR count). The Morgan fingerprint density at radius 1 is 1.27 bits per heavy atom. The van der Waals surface area contributed by atoms with Gasteiger partial charge in [-0.3, -0.25) is 4.98 Å². The number of aromatic nitrogens is 3. The Morgan fingerprint density at radius 2 is 2.09 bits per heavy atom. The van der Waals surface area contributed by atoms with Crippen LogP contribution < -0.4 is 10.2 Å². The highest BCUT2D eigenvalue weighted by Gasteiger charge is 2.18. The zero-order valence-corrected chi connectivity index (χ0v) is 13.3. The molecule has 2 aromatic heterocycles. The van der Waals surface area contributed by atoms with Gasteiger partial charge in [0.25, 0.3) is 0 Å². The summed E-state index contributed by atoms with van der Waals surface area (Å²) in [6, 6.07) is 6.07. The van der Waals surface area contributed by atoms with Crippen molar-refractivity contribution in [3.8, 4) is 0 Å². The predicted molar refractivity (Wildman–Crippen MR) is 88.9 cm³/mol. The zero-order valence-electron chi connectivity index (χ0n) is 13.3. The fourth-order valence-corrected chi connectivity index (χ4v) is 2.87. The molecule has 0 aliphatic carbocycles. The third-order valence-electron chi connectivity index (χ3n) is 4.02. The van der Waals surface area contributed by atoms with E-state index in [1.807, 2.05) is 19.1 Å². The van der Waals surface area contributed by atoms with Gasteiger partial charge in [0.05, 0.1) is 0 Å². The lowest BCUT2D eigenvalue weighted by Crippen LogP contribution is -2.35. The molecule has 5 heteroatoms. The molecule has 1 saturated heterocycles. The van der Waals surface area contributed by atoms with Crippen molar-refractivity contribution in [2.24, 2.45) is 5.92 Å². The smallest absolute Gasteiger partial charge is 0.225 e. The molecule has 0 radical (unpaired) electrons. The van der Waals surface area contributed by atoms with Crippen molar-refractivity contribution in [2.45, 2.75) is 33.2 Å². The molecule has 1 fully saturated rings. The van der Waals surface area contributed by atoms with Crippen LogP contribution in [0.5, 0.6) is 0 Å². The molecule has 3 heterocycles. The lowest BCUT2D eigenvalue weighted by molar-refractivity contribution is 0.444. The molecule has 0 saturated carbocycles. The Morgan fingerprint density at radius 3 is 2.86 bits per heavy atom. The SMILES string of the molecule is Cc1cc(N2CCCC(C)C2)nc(NCc2ccncc2)n1. The summed E-state index contributed by atoms with van der Waals surface area (Å²) in [7, 11) is 0. The van der Waals surface area contributed by atoms with E-state index in [9.17, 15) is 0 Å². The summed E-state index contributed by atoms with van der Waals surface area (Å²) in [5.74, 6) is 2.47. The Hall–Kier alpha value is -2.17. The molecular formula is C17H23N5. The highest BCUT2D eigenvalue weighted by Crippen LogP contribution is 2.22. The van der Waals surface area contributed by atoms with E-state index in [1.54, 1.807) is 12.4 Å². The number of pyridine rings is 1. The fraction of sp³-hybridized carbons (Fsp3) is 0.471. The second-order valence-corrected chi connectivity index (χ2v) is 6.09. The molecule has 5 nitrogen and oxygen atoms in total. The quantitative estimate of drug-likeness (QED) is 0.940. The Kier molecular flexibility index (Phi) is 4.51. The Labute approximate surface area is 131 Å². The van der Waals surface area contributed by atoms with Crippen molar-refractivity contribution >= 4 is 11.8 Å². The lowest BCUT2D eigenvalue weighted by Gasteiger charge is -2.32. The number of piperidine rings is 1. The van der Waals surface area contributed by atoms with Crippen LogP contribution in [0.15, 0.2) is 30.6 Å². The molecule has 1 atom stereocenters. The van der Waals surface area contributed by atoms with E-state index in [0.29, 0.717) is 12.5 Å². The van der Waals surface area contributed by atoms with Gasteiger partial charge in [-0.05, 0) is 43.4 Å². The van der Waals surface area contributed by atoms with E-state index in [2.05, 4.69) is 33.2 Å². The maximum Gasteiger partial charge on any atom is 0.225 e. The van der Waals surface area contributed by atoms with Gasteiger partial charge in [0, 0.05) is 43.8 Å². The molecule has 0 amide bonds. The van der Waals surface area contributed by atoms with Gasteiger partial charge < -0.3 is 10.2 Å². The minimum Gasteiger partial charge on any atom is -0.356 e. The van der Waals surface area contributed by atoms with E-state index in [4.69, 9.17) is 4.98 Å². The average molecular weight is 297 g/mol. The lowest BCUT2D eigenvalue weighted by atomic mass is 10.0. The summed E-state index contributed by atoms with van der Waals surface area (Å²) in [4.78, 5) is 15.6. The number of anilines is 2. The van der Waals surface area contributed by atoms with Crippen LogP contribution in [0.25, 0.3) is 0 Å². The first kappa shape index (κ1) is 14.8. The molecule has 1 unspecified atom stereocenters. The normalized spacial score (nSPS) is 18.3. The van der Waals surface area contributed by atoms with Crippen molar-refractivity contribution in [2.75, 3.05) is 23.3 Å². The minimum atomic E-state index is 0.699. The summed E-state index contributed by atoms with van der Waals surface area (Å²) in [6.45, 7) is 7.21.